The van der Waals surface area contributed by atoms with Crippen LogP contribution in [0.2, 0.25) is 0 Å². The number of anilines is 1. The van der Waals surface area contributed by atoms with Crippen LogP contribution in [0, 0.1) is 6.92 Å². The van der Waals surface area contributed by atoms with Crippen molar-refractivity contribution in [2.24, 2.45) is 0 Å². The second kappa shape index (κ2) is 2.66. The normalized spacial score (nSPS) is 10.4. The van der Waals surface area contributed by atoms with E-state index in [-0.39, 0.29) is 0 Å². The van der Waals surface area contributed by atoms with E-state index in [0.29, 0.717) is 11.8 Å². The smallest absolute Gasteiger partial charge is 0.314 e. The molecule has 0 spiro atoms. The highest BCUT2D eigenvalue weighted by atomic mass is 16.5. The van der Waals surface area contributed by atoms with E-state index >= 15 is 0 Å². The third kappa shape index (κ3) is 1.70. The minimum absolute atomic E-state index is 0.419. The SMILES string of the molecule is Cc1noc(NN(C)C)n1. The van der Waals surface area contributed by atoms with Gasteiger partial charge in [0.25, 0.3) is 0 Å². The molecule has 5 heteroatoms. The zero-order valence-electron chi connectivity index (χ0n) is 6.25. The predicted octanol–water partition coefficient (Wildman–Crippen LogP) is 0.267. The van der Waals surface area contributed by atoms with Crippen molar-refractivity contribution < 1.29 is 4.52 Å². The highest BCUT2D eigenvalue weighted by molar-refractivity contribution is 5.14. The van der Waals surface area contributed by atoms with Crippen LogP contribution in [0.15, 0.2) is 4.52 Å². The molecule has 0 aliphatic rings. The van der Waals surface area contributed by atoms with Gasteiger partial charge in [0.15, 0.2) is 5.82 Å². The highest BCUT2D eigenvalue weighted by Gasteiger charge is 1.99. The van der Waals surface area contributed by atoms with Crippen LogP contribution >= 0.6 is 0 Å². The van der Waals surface area contributed by atoms with E-state index < -0.39 is 0 Å². The van der Waals surface area contributed by atoms with Crippen LogP contribution in [0.4, 0.5) is 6.01 Å². The van der Waals surface area contributed by atoms with Gasteiger partial charge in [-0.3, -0.25) is 5.43 Å². The molecule has 1 heterocycles. The third-order valence-electron chi connectivity index (χ3n) is 0.847. The molecule has 1 rings (SSSR count). The summed E-state index contributed by atoms with van der Waals surface area (Å²) in [6.45, 7) is 1.77. The lowest BCUT2D eigenvalue weighted by Gasteiger charge is -2.06. The van der Waals surface area contributed by atoms with E-state index in [1.807, 2.05) is 14.1 Å². The Hall–Kier alpha value is -1.10. The van der Waals surface area contributed by atoms with Crippen LogP contribution in [0.1, 0.15) is 5.82 Å². The average molecular weight is 142 g/mol. The first kappa shape index (κ1) is 7.01. The van der Waals surface area contributed by atoms with Gasteiger partial charge in [-0.05, 0) is 6.92 Å². The maximum Gasteiger partial charge on any atom is 0.335 e. The fourth-order valence-electron chi connectivity index (χ4n) is 0.534. The summed E-state index contributed by atoms with van der Waals surface area (Å²) in [4.78, 5) is 3.92. The van der Waals surface area contributed by atoms with Crippen LogP contribution < -0.4 is 5.43 Å². The molecule has 0 unspecified atom stereocenters. The Balaban J connectivity index is 2.58. The number of hydrogen-bond acceptors (Lipinski definition) is 5. The summed E-state index contributed by atoms with van der Waals surface area (Å²) in [7, 11) is 3.69. The quantitative estimate of drug-likeness (QED) is 0.600. The molecule has 1 aromatic heterocycles. The summed E-state index contributed by atoms with van der Waals surface area (Å²) in [5.41, 5.74) is 2.82. The third-order valence-corrected chi connectivity index (χ3v) is 0.847. The van der Waals surface area contributed by atoms with E-state index in [1.54, 1.807) is 11.9 Å². The topological polar surface area (TPSA) is 54.2 Å². The lowest BCUT2D eigenvalue weighted by molar-refractivity contribution is 0.389. The monoisotopic (exact) mass is 142 g/mol. The van der Waals surface area contributed by atoms with Gasteiger partial charge in [-0.1, -0.05) is 5.16 Å². The van der Waals surface area contributed by atoms with Crippen LogP contribution in [0.25, 0.3) is 0 Å². The van der Waals surface area contributed by atoms with Crippen LogP contribution in [0.3, 0.4) is 0 Å². The zero-order valence-corrected chi connectivity index (χ0v) is 6.25. The van der Waals surface area contributed by atoms with Gasteiger partial charge in [-0.25, -0.2) is 5.01 Å². The van der Waals surface area contributed by atoms with Crippen molar-refractivity contribution >= 4 is 6.01 Å². The molecule has 5 nitrogen and oxygen atoms in total. The fraction of sp³-hybridized carbons (Fsp3) is 0.600. The summed E-state index contributed by atoms with van der Waals surface area (Å²) >= 11 is 0. The lowest BCUT2D eigenvalue weighted by atomic mass is 10.7. The van der Waals surface area contributed by atoms with Gasteiger partial charge in [0, 0.05) is 14.1 Å². The van der Waals surface area contributed by atoms with Gasteiger partial charge in [0.05, 0.1) is 0 Å². The zero-order chi connectivity index (χ0) is 7.56. The van der Waals surface area contributed by atoms with E-state index in [1.165, 1.54) is 0 Å². The Kier molecular flexibility index (Phi) is 1.86. The molecular formula is C5H10N4O. The van der Waals surface area contributed by atoms with Crippen molar-refractivity contribution in [1.29, 1.82) is 0 Å². The molecule has 1 aromatic rings. The predicted molar refractivity (Wildman–Crippen MR) is 36.3 cm³/mol. The summed E-state index contributed by atoms with van der Waals surface area (Å²) in [5, 5.41) is 5.32. The Labute approximate surface area is 59.0 Å². The summed E-state index contributed by atoms with van der Waals surface area (Å²) in [5.74, 6) is 0.629. The highest BCUT2D eigenvalue weighted by Crippen LogP contribution is 2.00. The molecule has 0 aromatic carbocycles. The van der Waals surface area contributed by atoms with Crippen LogP contribution in [-0.4, -0.2) is 29.2 Å². The molecule has 0 atom stereocenters. The molecule has 0 aliphatic carbocycles. The number of hydrazine groups is 1. The van der Waals surface area contributed by atoms with Crippen molar-refractivity contribution in [1.82, 2.24) is 15.1 Å². The Morgan fingerprint density at radius 1 is 1.50 bits per heavy atom. The van der Waals surface area contributed by atoms with Crippen molar-refractivity contribution in [3.8, 4) is 0 Å². The molecule has 0 fully saturated rings. The second-order valence-corrected chi connectivity index (χ2v) is 2.15. The van der Waals surface area contributed by atoms with Crippen LogP contribution in [-0.2, 0) is 0 Å². The van der Waals surface area contributed by atoms with Crippen molar-refractivity contribution in [3.05, 3.63) is 5.82 Å². The molecule has 0 amide bonds. The Bertz CT molecular complexity index is 207. The fourth-order valence-corrected chi connectivity index (χ4v) is 0.534. The first-order valence-electron chi connectivity index (χ1n) is 2.93. The van der Waals surface area contributed by atoms with Gasteiger partial charge >= 0.3 is 6.01 Å². The Morgan fingerprint density at radius 2 is 2.20 bits per heavy atom. The number of aryl methyl sites for hydroxylation is 1. The van der Waals surface area contributed by atoms with Crippen molar-refractivity contribution in [3.63, 3.8) is 0 Å². The maximum atomic E-state index is 4.76. The molecule has 0 radical (unpaired) electrons. The standard InChI is InChI=1S/C5H10N4O/c1-4-6-5(10-8-4)7-9(2)3/h1-3H3,(H,6,7,8). The summed E-state index contributed by atoms with van der Waals surface area (Å²) in [6, 6.07) is 0.419. The van der Waals surface area contributed by atoms with E-state index in [0.717, 1.165) is 0 Å². The Morgan fingerprint density at radius 3 is 2.60 bits per heavy atom. The minimum atomic E-state index is 0.419. The van der Waals surface area contributed by atoms with E-state index in [9.17, 15) is 0 Å². The van der Waals surface area contributed by atoms with Gasteiger partial charge in [0.1, 0.15) is 0 Å². The first-order chi connectivity index (χ1) is 4.68. The molecule has 0 bridgehead atoms. The van der Waals surface area contributed by atoms with E-state index in [4.69, 9.17) is 4.52 Å². The van der Waals surface area contributed by atoms with Crippen LogP contribution in [0.5, 0.6) is 0 Å². The number of hydrogen-bond donors (Lipinski definition) is 1. The molecule has 0 saturated carbocycles. The molecule has 0 saturated heterocycles. The molecule has 10 heavy (non-hydrogen) atoms. The van der Waals surface area contributed by atoms with Gasteiger partial charge in [0.2, 0.25) is 0 Å². The molecule has 56 valence electrons. The minimum Gasteiger partial charge on any atom is -0.314 e. The van der Waals surface area contributed by atoms with E-state index in [2.05, 4.69) is 15.6 Å². The molecule has 1 N–H and O–H groups in total. The average Bonchev–Trinajstić information content (AvgIpc) is 2.13. The largest absolute Gasteiger partial charge is 0.335 e. The number of nitrogens with zero attached hydrogens (tertiary/aromatic N) is 3. The number of rotatable bonds is 2. The van der Waals surface area contributed by atoms with Crippen molar-refractivity contribution in [2.45, 2.75) is 6.92 Å². The van der Waals surface area contributed by atoms with Gasteiger partial charge in [-0.15, -0.1) is 0 Å². The number of nitrogens with one attached hydrogen (secondary N) is 1. The van der Waals surface area contributed by atoms with Gasteiger partial charge < -0.3 is 4.52 Å². The summed E-state index contributed by atoms with van der Waals surface area (Å²) in [6.07, 6.45) is 0. The second-order valence-electron chi connectivity index (χ2n) is 2.15. The van der Waals surface area contributed by atoms with Gasteiger partial charge in [-0.2, -0.15) is 4.98 Å². The number of aromatic nitrogens is 2. The molecule has 0 aliphatic heterocycles. The lowest BCUT2D eigenvalue weighted by Crippen LogP contribution is -2.19. The van der Waals surface area contributed by atoms with Crippen molar-refractivity contribution in [2.75, 3.05) is 19.5 Å². The molecular weight excluding hydrogens is 132 g/mol. The first-order valence-corrected chi connectivity index (χ1v) is 2.93. The summed E-state index contributed by atoms with van der Waals surface area (Å²) < 4.78 is 4.76. The maximum absolute atomic E-state index is 4.76.